The zero-order chi connectivity index (χ0) is 26.7. The fraction of sp³-hybridized carbons (Fsp3) is 0.448. The number of hydrogen-bond donors (Lipinski definition) is 0. The van der Waals surface area contributed by atoms with Gasteiger partial charge in [-0.25, -0.2) is 0 Å². The Kier molecular flexibility index (Phi) is 7.74. The molecule has 3 fully saturated rings. The van der Waals surface area contributed by atoms with E-state index in [1.165, 1.54) is 35.9 Å². The van der Waals surface area contributed by atoms with Crippen LogP contribution >= 0.6 is 0 Å². The molecule has 0 bridgehead atoms. The van der Waals surface area contributed by atoms with Crippen LogP contribution < -0.4 is 4.74 Å². The number of carbonyl (C=O) groups is 2. The van der Waals surface area contributed by atoms with Gasteiger partial charge >= 0.3 is 6.36 Å². The third kappa shape index (κ3) is 6.38. The highest BCUT2D eigenvalue weighted by Gasteiger charge is 2.45. The van der Waals surface area contributed by atoms with Gasteiger partial charge in [0.1, 0.15) is 5.75 Å². The molecule has 3 atom stereocenters. The molecule has 2 aromatic carbocycles. The van der Waals surface area contributed by atoms with Gasteiger partial charge in [0.25, 0.3) is 0 Å². The SMILES string of the molecule is O=C(C1CCCN(Cc2ccccc2)C1)N1C[C@@H]2CCN(C(=O)/C=C/c3ccc(OC(F)(F)F)cc3)[C@@H]2C1. The van der Waals surface area contributed by atoms with Crippen molar-refractivity contribution in [2.45, 2.75) is 38.2 Å². The van der Waals surface area contributed by atoms with Crippen molar-refractivity contribution in [2.24, 2.45) is 11.8 Å². The number of alkyl halides is 3. The third-order valence-corrected chi connectivity index (χ3v) is 7.78. The first kappa shape index (κ1) is 26.3. The van der Waals surface area contributed by atoms with E-state index >= 15 is 0 Å². The van der Waals surface area contributed by atoms with Crippen LogP contribution in [0.5, 0.6) is 5.75 Å². The topological polar surface area (TPSA) is 53.1 Å². The lowest BCUT2D eigenvalue weighted by molar-refractivity contribution is -0.274. The third-order valence-electron chi connectivity index (χ3n) is 7.78. The average Bonchev–Trinajstić information content (AvgIpc) is 3.49. The quantitative estimate of drug-likeness (QED) is 0.517. The summed E-state index contributed by atoms with van der Waals surface area (Å²) in [7, 11) is 0. The van der Waals surface area contributed by atoms with Crippen LogP contribution in [0.4, 0.5) is 13.2 Å². The van der Waals surface area contributed by atoms with Crippen LogP contribution in [0, 0.1) is 11.8 Å². The molecule has 9 heteroatoms. The summed E-state index contributed by atoms with van der Waals surface area (Å²) in [4.78, 5) is 32.5. The Hall–Kier alpha value is -3.33. The maximum Gasteiger partial charge on any atom is 0.573 e. The maximum atomic E-state index is 13.4. The van der Waals surface area contributed by atoms with Gasteiger partial charge in [-0.1, -0.05) is 42.5 Å². The monoisotopic (exact) mass is 527 g/mol. The Balaban J connectivity index is 1.15. The highest BCUT2D eigenvalue weighted by Crippen LogP contribution is 2.33. The number of nitrogens with zero attached hydrogens (tertiary/aromatic N) is 3. The molecule has 2 aromatic rings. The summed E-state index contributed by atoms with van der Waals surface area (Å²) in [6, 6.07) is 15.7. The van der Waals surface area contributed by atoms with Crippen molar-refractivity contribution in [3.05, 3.63) is 71.8 Å². The van der Waals surface area contributed by atoms with E-state index in [9.17, 15) is 22.8 Å². The first-order valence-electron chi connectivity index (χ1n) is 13.1. The van der Waals surface area contributed by atoms with Crippen molar-refractivity contribution in [3.8, 4) is 5.75 Å². The summed E-state index contributed by atoms with van der Waals surface area (Å²) < 4.78 is 40.9. The van der Waals surface area contributed by atoms with Crippen molar-refractivity contribution in [1.29, 1.82) is 0 Å². The molecule has 5 rings (SSSR count). The second-order valence-electron chi connectivity index (χ2n) is 10.4. The lowest BCUT2D eigenvalue weighted by Gasteiger charge is -2.34. The van der Waals surface area contributed by atoms with Gasteiger partial charge in [0.15, 0.2) is 0 Å². The number of ether oxygens (including phenoxy) is 1. The standard InChI is InChI=1S/C29H32F3N3O3/c30-29(31,32)38-25-11-8-21(9-12-25)10-13-27(36)35-16-14-23-19-34(20-26(23)35)28(37)24-7-4-15-33(18-24)17-22-5-2-1-3-6-22/h1-3,5-6,8-13,23-24,26H,4,7,14-20H2/b13-10+/t23-,24?,26+/m0/s1. The molecule has 0 radical (unpaired) electrons. The van der Waals surface area contributed by atoms with E-state index in [0.29, 0.717) is 25.2 Å². The van der Waals surface area contributed by atoms with Crippen molar-refractivity contribution < 1.29 is 27.5 Å². The van der Waals surface area contributed by atoms with Gasteiger partial charge in [0, 0.05) is 44.7 Å². The van der Waals surface area contributed by atoms with Gasteiger partial charge in [-0.3, -0.25) is 14.5 Å². The smallest absolute Gasteiger partial charge is 0.406 e. The van der Waals surface area contributed by atoms with Gasteiger partial charge in [0.05, 0.1) is 12.0 Å². The van der Waals surface area contributed by atoms with Gasteiger partial charge in [-0.2, -0.15) is 0 Å². The molecule has 0 aliphatic carbocycles. The molecule has 0 spiro atoms. The van der Waals surface area contributed by atoms with E-state index in [-0.39, 0.29) is 35.4 Å². The zero-order valence-electron chi connectivity index (χ0n) is 21.1. The molecule has 3 saturated heterocycles. The number of fused-ring (bicyclic) bond motifs is 1. The number of rotatable bonds is 6. The summed E-state index contributed by atoms with van der Waals surface area (Å²) in [5, 5.41) is 0. The Morgan fingerprint density at radius 3 is 2.45 bits per heavy atom. The van der Waals surface area contributed by atoms with E-state index in [4.69, 9.17) is 0 Å². The Labute approximate surface area is 220 Å². The van der Waals surface area contributed by atoms with Crippen LogP contribution in [0.1, 0.15) is 30.4 Å². The Morgan fingerprint density at radius 1 is 0.947 bits per heavy atom. The van der Waals surface area contributed by atoms with Crippen LogP contribution in [0.2, 0.25) is 0 Å². The molecule has 38 heavy (non-hydrogen) atoms. The van der Waals surface area contributed by atoms with Crippen molar-refractivity contribution in [3.63, 3.8) is 0 Å². The molecule has 6 nitrogen and oxygen atoms in total. The molecule has 202 valence electrons. The number of amides is 2. The number of carbonyl (C=O) groups excluding carboxylic acids is 2. The first-order valence-corrected chi connectivity index (χ1v) is 13.1. The second-order valence-corrected chi connectivity index (χ2v) is 10.4. The molecule has 3 aliphatic heterocycles. The lowest BCUT2D eigenvalue weighted by Crippen LogP contribution is -2.45. The molecular formula is C29H32F3N3O3. The summed E-state index contributed by atoms with van der Waals surface area (Å²) in [5.41, 5.74) is 1.85. The number of halogens is 3. The van der Waals surface area contributed by atoms with Crippen LogP contribution in [0.25, 0.3) is 6.08 Å². The van der Waals surface area contributed by atoms with Crippen LogP contribution in [0.15, 0.2) is 60.7 Å². The van der Waals surface area contributed by atoms with Gasteiger partial charge < -0.3 is 14.5 Å². The molecular weight excluding hydrogens is 495 g/mol. The lowest BCUT2D eigenvalue weighted by atomic mass is 9.96. The Morgan fingerprint density at radius 2 is 1.71 bits per heavy atom. The van der Waals surface area contributed by atoms with Gasteiger partial charge in [0.2, 0.25) is 11.8 Å². The number of piperidine rings is 1. The van der Waals surface area contributed by atoms with E-state index in [0.717, 1.165) is 38.9 Å². The predicted molar refractivity (Wildman–Crippen MR) is 137 cm³/mol. The maximum absolute atomic E-state index is 13.4. The number of hydrogen-bond acceptors (Lipinski definition) is 4. The first-order chi connectivity index (χ1) is 18.2. The summed E-state index contributed by atoms with van der Waals surface area (Å²) in [6.07, 6.45) is 1.07. The number of likely N-dealkylation sites (tertiary alicyclic amines) is 3. The minimum absolute atomic E-state index is 0.00248. The molecule has 0 aromatic heterocycles. The van der Waals surface area contributed by atoms with E-state index < -0.39 is 6.36 Å². The highest BCUT2D eigenvalue weighted by molar-refractivity contribution is 5.92. The average molecular weight is 528 g/mol. The molecule has 2 amide bonds. The molecule has 1 unspecified atom stereocenters. The van der Waals surface area contributed by atoms with Crippen LogP contribution in [-0.2, 0) is 16.1 Å². The molecule has 3 aliphatic rings. The summed E-state index contributed by atoms with van der Waals surface area (Å²) in [6.45, 7) is 4.50. The molecule has 3 heterocycles. The Bertz CT molecular complexity index is 1150. The summed E-state index contributed by atoms with van der Waals surface area (Å²) in [5.74, 6) is 0.00867. The fourth-order valence-corrected chi connectivity index (χ4v) is 5.96. The second kappa shape index (κ2) is 11.2. The number of benzene rings is 2. The van der Waals surface area contributed by atoms with Crippen LogP contribution in [0.3, 0.4) is 0 Å². The minimum atomic E-state index is -4.74. The summed E-state index contributed by atoms with van der Waals surface area (Å²) >= 11 is 0. The van der Waals surface area contributed by atoms with Crippen molar-refractivity contribution >= 4 is 17.9 Å². The molecule has 0 saturated carbocycles. The van der Waals surface area contributed by atoms with E-state index in [1.807, 2.05) is 28.0 Å². The van der Waals surface area contributed by atoms with Crippen molar-refractivity contribution in [2.75, 3.05) is 32.7 Å². The van der Waals surface area contributed by atoms with Gasteiger partial charge in [-0.15, -0.1) is 13.2 Å². The van der Waals surface area contributed by atoms with Crippen molar-refractivity contribution in [1.82, 2.24) is 14.7 Å². The zero-order valence-corrected chi connectivity index (χ0v) is 21.1. The van der Waals surface area contributed by atoms with Gasteiger partial charge in [-0.05, 0) is 55.1 Å². The largest absolute Gasteiger partial charge is 0.573 e. The normalized spacial score (nSPS) is 24.1. The highest BCUT2D eigenvalue weighted by atomic mass is 19.4. The minimum Gasteiger partial charge on any atom is -0.406 e. The fourth-order valence-electron chi connectivity index (χ4n) is 5.96. The van der Waals surface area contributed by atoms with Crippen LogP contribution in [-0.4, -0.2) is 71.6 Å². The predicted octanol–water partition coefficient (Wildman–Crippen LogP) is 4.57. The van der Waals surface area contributed by atoms with E-state index in [1.54, 1.807) is 6.08 Å². The molecule has 0 N–H and O–H groups in total. The van der Waals surface area contributed by atoms with E-state index in [2.05, 4.69) is 21.8 Å².